The zero-order valence-corrected chi connectivity index (χ0v) is 30.8. The molecule has 3 aromatic heterocycles. The molecule has 9 rings (SSSR count). The van der Waals surface area contributed by atoms with Crippen molar-refractivity contribution in [1.29, 1.82) is 10.5 Å². The number of H-pyrrole nitrogens is 2. The van der Waals surface area contributed by atoms with E-state index in [1.165, 1.54) is 39.5 Å². The highest BCUT2D eigenvalue weighted by Crippen LogP contribution is 2.42. The van der Waals surface area contributed by atoms with Crippen LogP contribution in [0.3, 0.4) is 0 Å². The first kappa shape index (κ1) is 36.1. The molecule has 0 bridgehead atoms. The zero-order valence-electron chi connectivity index (χ0n) is 30.8. The van der Waals surface area contributed by atoms with Crippen molar-refractivity contribution >= 4 is 61.2 Å². The van der Waals surface area contributed by atoms with Gasteiger partial charge in [0.15, 0.2) is 28.6 Å². The van der Waals surface area contributed by atoms with Crippen molar-refractivity contribution in [2.24, 2.45) is 0 Å². The molecule has 0 aliphatic heterocycles. The van der Waals surface area contributed by atoms with Gasteiger partial charge in [0.05, 0.1) is 60.9 Å². The molecule has 2 saturated carbocycles. The summed E-state index contributed by atoms with van der Waals surface area (Å²) in [7, 11) is 4.14. The van der Waals surface area contributed by atoms with Gasteiger partial charge in [0, 0.05) is 51.7 Å². The van der Waals surface area contributed by atoms with E-state index < -0.39 is 17.6 Å². The summed E-state index contributed by atoms with van der Waals surface area (Å²) in [5, 5.41) is 20.8. The fraction of sp³-hybridized carbons (Fsp3) is 0.256. The number of aromatic nitrogens is 3. The van der Waals surface area contributed by atoms with Crippen LogP contribution in [0.1, 0.15) is 66.1 Å². The molecule has 0 saturated heterocycles. The number of ether oxygens (including phenoxy) is 3. The van der Waals surface area contributed by atoms with Crippen LogP contribution in [-0.2, 0) is 4.74 Å². The van der Waals surface area contributed by atoms with E-state index in [1.54, 1.807) is 48.5 Å². The van der Waals surface area contributed by atoms with E-state index in [0.717, 1.165) is 49.4 Å². The standard InChI is InChI=1S/C22H20FN3O3.C21H16FN3O2/c1-28-19-9-7-15(11-17(19)23)26(14-4-3-5-14)21-20(22(27)29-2)16-8-6-13(12-24)10-18(16)25-21;1-27-18-8-14-17(9-15(18)22)25(12-3-2-4-12)21-19(20(14)26)13-6-5-11(10-23)7-16(13)24-21/h6-11,14,25H,3-5H2,1-2H3;5-9,12,24H,2-4H2,1H3. The van der Waals surface area contributed by atoms with Gasteiger partial charge in [-0.15, -0.1) is 0 Å². The molecule has 4 aromatic carbocycles. The van der Waals surface area contributed by atoms with Gasteiger partial charge in [-0.2, -0.15) is 10.5 Å². The van der Waals surface area contributed by atoms with E-state index in [4.69, 9.17) is 14.2 Å². The molecule has 7 aromatic rings. The number of hydrogen-bond acceptors (Lipinski definition) is 8. The Hall–Kier alpha value is -6.86. The minimum atomic E-state index is -0.491. The molecule has 0 radical (unpaired) electrons. The Labute approximate surface area is 319 Å². The number of methoxy groups -OCH3 is 3. The van der Waals surface area contributed by atoms with Crippen molar-refractivity contribution in [3.8, 4) is 23.6 Å². The van der Waals surface area contributed by atoms with E-state index in [0.29, 0.717) is 61.0 Å². The highest BCUT2D eigenvalue weighted by molar-refractivity contribution is 6.11. The number of anilines is 2. The number of carbonyl (C=O) groups excluding carboxylic acids is 1. The summed E-state index contributed by atoms with van der Waals surface area (Å²) in [6.45, 7) is 0. The van der Waals surface area contributed by atoms with Crippen LogP contribution in [0, 0.1) is 34.3 Å². The number of pyridine rings is 1. The molecule has 2 N–H and O–H groups in total. The second kappa shape index (κ2) is 14.4. The summed E-state index contributed by atoms with van der Waals surface area (Å²) in [5.41, 5.74) is 4.47. The number of fused-ring (bicyclic) bond motifs is 5. The molecular formula is C43H36F2N6O5. The number of nitriles is 2. The largest absolute Gasteiger partial charge is 0.494 e. The Morgan fingerprint density at radius 1 is 0.786 bits per heavy atom. The monoisotopic (exact) mass is 754 g/mol. The molecular weight excluding hydrogens is 719 g/mol. The summed E-state index contributed by atoms with van der Waals surface area (Å²) >= 11 is 0. The lowest BCUT2D eigenvalue weighted by Gasteiger charge is -2.39. The van der Waals surface area contributed by atoms with E-state index >= 15 is 0 Å². The van der Waals surface area contributed by atoms with Crippen molar-refractivity contribution in [3.05, 3.63) is 105 Å². The van der Waals surface area contributed by atoms with E-state index in [-0.39, 0.29) is 29.0 Å². The van der Waals surface area contributed by atoms with Crippen molar-refractivity contribution in [2.75, 3.05) is 26.2 Å². The van der Waals surface area contributed by atoms with Crippen LogP contribution in [0.5, 0.6) is 11.5 Å². The first-order chi connectivity index (χ1) is 27.2. The lowest BCUT2D eigenvalue weighted by molar-refractivity contribution is 0.0603. The lowest BCUT2D eigenvalue weighted by Crippen LogP contribution is -2.37. The molecule has 11 nitrogen and oxygen atoms in total. The van der Waals surface area contributed by atoms with Crippen LogP contribution in [0.4, 0.5) is 20.3 Å². The van der Waals surface area contributed by atoms with Crippen LogP contribution in [-0.4, -0.2) is 47.9 Å². The van der Waals surface area contributed by atoms with Gasteiger partial charge in [-0.05, 0) is 81.0 Å². The average Bonchev–Trinajstić information content (AvgIpc) is 3.74. The molecule has 0 amide bonds. The molecule has 0 unspecified atom stereocenters. The third-order valence-electron chi connectivity index (χ3n) is 11.0. The fourth-order valence-corrected chi connectivity index (χ4v) is 7.74. The normalized spacial score (nSPS) is 14.1. The van der Waals surface area contributed by atoms with E-state index in [2.05, 4.69) is 22.1 Å². The van der Waals surface area contributed by atoms with Gasteiger partial charge in [-0.25, -0.2) is 13.6 Å². The van der Waals surface area contributed by atoms with Gasteiger partial charge in [-0.3, -0.25) is 4.79 Å². The first-order valence-corrected chi connectivity index (χ1v) is 18.2. The summed E-state index contributed by atoms with van der Waals surface area (Å²) in [6, 6.07) is 22.5. The highest BCUT2D eigenvalue weighted by atomic mass is 19.1. The average molecular weight is 755 g/mol. The van der Waals surface area contributed by atoms with Crippen LogP contribution >= 0.6 is 0 Å². The topological polar surface area (TPSA) is 149 Å². The number of carbonyl (C=O) groups is 1. The quantitative estimate of drug-likeness (QED) is 0.153. The van der Waals surface area contributed by atoms with Gasteiger partial charge in [-0.1, -0.05) is 12.1 Å². The fourth-order valence-electron chi connectivity index (χ4n) is 7.74. The third-order valence-corrected chi connectivity index (χ3v) is 11.0. The number of rotatable bonds is 7. The minimum Gasteiger partial charge on any atom is -0.494 e. The Kier molecular flexibility index (Phi) is 9.30. The number of hydrogen-bond donors (Lipinski definition) is 2. The SMILES string of the molecule is COC(=O)c1c(N(c2ccc(OC)c(F)c2)C2CCC2)[nH]c2cc(C#N)ccc12.COc1cc2c(=O)c3c4ccc(C#N)cc4[nH]c3n(C3CCC3)c2cc1F. The predicted molar refractivity (Wildman–Crippen MR) is 209 cm³/mol. The van der Waals surface area contributed by atoms with Crippen LogP contribution < -0.4 is 19.8 Å². The van der Waals surface area contributed by atoms with Crippen LogP contribution in [0.25, 0.3) is 43.7 Å². The van der Waals surface area contributed by atoms with Crippen molar-refractivity contribution in [3.63, 3.8) is 0 Å². The predicted octanol–water partition coefficient (Wildman–Crippen LogP) is 9.04. The van der Waals surface area contributed by atoms with E-state index in [9.17, 15) is 28.9 Å². The van der Waals surface area contributed by atoms with Gasteiger partial charge >= 0.3 is 5.97 Å². The number of esters is 1. The minimum absolute atomic E-state index is 0.0608. The molecule has 2 fully saturated rings. The number of halogens is 2. The van der Waals surface area contributed by atoms with Crippen LogP contribution in [0.2, 0.25) is 0 Å². The molecule has 3 heterocycles. The third kappa shape index (κ3) is 5.93. The van der Waals surface area contributed by atoms with Gasteiger partial charge in [0.1, 0.15) is 17.0 Å². The number of nitrogens with one attached hydrogen (secondary N) is 2. The summed E-state index contributed by atoms with van der Waals surface area (Å²) in [4.78, 5) is 34.5. The number of nitrogens with zero attached hydrogens (tertiary/aromatic N) is 4. The maximum atomic E-state index is 14.5. The molecule has 2 aliphatic carbocycles. The second-order valence-corrected chi connectivity index (χ2v) is 14.0. The first-order valence-electron chi connectivity index (χ1n) is 18.2. The molecule has 0 spiro atoms. The molecule has 2 aliphatic rings. The lowest BCUT2D eigenvalue weighted by atomic mass is 9.90. The van der Waals surface area contributed by atoms with Crippen molar-refractivity contribution in [1.82, 2.24) is 14.5 Å². The highest BCUT2D eigenvalue weighted by Gasteiger charge is 2.33. The summed E-state index contributed by atoms with van der Waals surface area (Å²) in [6.07, 6.45) is 5.99. The Morgan fingerprint density at radius 2 is 1.43 bits per heavy atom. The molecule has 56 heavy (non-hydrogen) atoms. The molecule has 13 heteroatoms. The van der Waals surface area contributed by atoms with Crippen molar-refractivity contribution < 1.29 is 27.8 Å². The summed E-state index contributed by atoms with van der Waals surface area (Å²) < 4.78 is 46.1. The Bertz CT molecular complexity index is 2860. The van der Waals surface area contributed by atoms with Crippen molar-refractivity contribution in [2.45, 2.75) is 50.6 Å². The maximum Gasteiger partial charge on any atom is 0.342 e. The zero-order chi connectivity index (χ0) is 39.2. The second-order valence-electron chi connectivity index (χ2n) is 14.0. The van der Waals surface area contributed by atoms with Gasteiger partial charge in [0.2, 0.25) is 0 Å². The van der Waals surface area contributed by atoms with Crippen LogP contribution in [0.15, 0.2) is 71.5 Å². The van der Waals surface area contributed by atoms with Gasteiger partial charge < -0.3 is 33.6 Å². The number of aromatic amines is 2. The van der Waals surface area contributed by atoms with Gasteiger partial charge in [0.25, 0.3) is 0 Å². The molecule has 0 atom stereocenters. The Morgan fingerprint density at radius 3 is 2.00 bits per heavy atom. The molecule has 282 valence electrons. The Balaban J connectivity index is 0.000000158. The summed E-state index contributed by atoms with van der Waals surface area (Å²) in [5.74, 6) is -0.696. The smallest absolute Gasteiger partial charge is 0.342 e. The maximum absolute atomic E-state index is 14.5. The van der Waals surface area contributed by atoms with E-state index in [1.807, 2.05) is 9.47 Å². The number of benzene rings is 4.